The minimum Gasteiger partial charge on any atom is -0.264 e. The van der Waals surface area contributed by atoms with Crippen LogP contribution >= 0.6 is 0 Å². The highest BCUT2D eigenvalue weighted by Gasteiger charge is 1.99. The van der Waals surface area contributed by atoms with Gasteiger partial charge in [0, 0.05) is 12.4 Å². The van der Waals surface area contributed by atoms with E-state index in [0.29, 0.717) is 0 Å². The molecule has 1 aliphatic rings. The zero-order valence-electron chi connectivity index (χ0n) is 6.77. The number of aromatic nitrogens is 1. The van der Waals surface area contributed by atoms with Gasteiger partial charge in [-0.25, -0.2) is 0 Å². The second kappa shape index (κ2) is 3.35. The van der Waals surface area contributed by atoms with Crippen LogP contribution in [0, 0.1) is 6.42 Å². The lowest BCUT2D eigenvalue weighted by Crippen LogP contribution is -1.86. The predicted octanol–water partition coefficient (Wildman–Crippen LogP) is 2.63. The number of allylic oxidation sites excluding steroid dienone is 4. The molecule has 1 nitrogen and oxygen atoms in total. The topological polar surface area (TPSA) is 12.9 Å². The Morgan fingerprint density at radius 1 is 1.33 bits per heavy atom. The van der Waals surface area contributed by atoms with E-state index in [-0.39, 0.29) is 0 Å². The fourth-order valence-corrected chi connectivity index (χ4v) is 1.26. The van der Waals surface area contributed by atoms with Crippen molar-refractivity contribution in [3.05, 3.63) is 54.7 Å². The molecule has 1 aliphatic carbocycles. The fraction of sp³-hybridized carbons (Fsp3) is 0.0909. The van der Waals surface area contributed by atoms with E-state index >= 15 is 0 Å². The first kappa shape index (κ1) is 7.29. The monoisotopic (exact) mass is 156 g/mol. The number of nitrogens with zero attached hydrogens (tertiary/aromatic N) is 1. The first-order valence-electron chi connectivity index (χ1n) is 4.07. The van der Waals surface area contributed by atoms with E-state index in [0.717, 1.165) is 6.42 Å². The molecular weight excluding hydrogens is 146 g/mol. The van der Waals surface area contributed by atoms with Gasteiger partial charge in [0.1, 0.15) is 0 Å². The second-order valence-corrected chi connectivity index (χ2v) is 2.73. The van der Waals surface area contributed by atoms with Crippen molar-refractivity contribution in [3.63, 3.8) is 0 Å². The third kappa shape index (κ3) is 1.45. The molecule has 0 spiro atoms. The molecule has 1 heterocycles. The number of rotatable bonds is 1. The van der Waals surface area contributed by atoms with Crippen molar-refractivity contribution in [1.82, 2.24) is 4.98 Å². The van der Waals surface area contributed by atoms with Crippen LogP contribution in [0.1, 0.15) is 12.0 Å². The summed E-state index contributed by atoms with van der Waals surface area (Å²) in [7, 11) is 0. The van der Waals surface area contributed by atoms with Crippen LogP contribution in [-0.4, -0.2) is 4.98 Å². The van der Waals surface area contributed by atoms with Gasteiger partial charge in [0.05, 0.1) is 0 Å². The molecule has 59 valence electrons. The summed E-state index contributed by atoms with van der Waals surface area (Å²) < 4.78 is 0. The lowest BCUT2D eigenvalue weighted by Gasteiger charge is -2.05. The zero-order chi connectivity index (χ0) is 8.23. The van der Waals surface area contributed by atoms with Crippen molar-refractivity contribution in [3.8, 4) is 0 Å². The van der Waals surface area contributed by atoms with Crippen LogP contribution in [0.15, 0.2) is 42.8 Å². The average molecular weight is 156 g/mol. The summed E-state index contributed by atoms with van der Waals surface area (Å²) in [5.41, 5.74) is 2.47. The van der Waals surface area contributed by atoms with Crippen molar-refractivity contribution >= 4 is 5.57 Å². The summed E-state index contributed by atoms with van der Waals surface area (Å²) >= 11 is 0. The third-order valence-electron chi connectivity index (χ3n) is 1.88. The van der Waals surface area contributed by atoms with E-state index in [1.54, 1.807) is 6.20 Å². The van der Waals surface area contributed by atoms with Crippen molar-refractivity contribution in [2.75, 3.05) is 0 Å². The first-order valence-corrected chi connectivity index (χ1v) is 4.07. The van der Waals surface area contributed by atoms with Crippen LogP contribution in [0.3, 0.4) is 0 Å². The lowest BCUT2D eigenvalue weighted by molar-refractivity contribution is 1.26. The van der Waals surface area contributed by atoms with Gasteiger partial charge in [0.25, 0.3) is 0 Å². The molecule has 0 saturated heterocycles. The van der Waals surface area contributed by atoms with Crippen LogP contribution in [0.5, 0.6) is 0 Å². The molecule has 0 aliphatic heterocycles. The maximum atomic E-state index is 4.07. The van der Waals surface area contributed by atoms with Gasteiger partial charge >= 0.3 is 0 Å². The third-order valence-corrected chi connectivity index (χ3v) is 1.88. The number of pyridine rings is 1. The van der Waals surface area contributed by atoms with Crippen LogP contribution < -0.4 is 0 Å². The Bertz CT molecular complexity index is 309. The van der Waals surface area contributed by atoms with Crippen LogP contribution in [0.2, 0.25) is 0 Å². The molecule has 0 N–H and O–H groups in total. The summed E-state index contributed by atoms with van der Waals surface area (Å²) in [5, 5.41) is 0. The molecule has 0 fully saturated rings. The molecule has 1 radical (unpaired) electrons. The maximum absolute atomic E-state index is 4.07. The maximum Gasteiger partial charge on any atom is 0.0346 e. The van der Waals surface area contributed by atoms with Crippen LogP contribution in [0.4, 0.5) is 0 Å². The molecular formula is C11H10N. The second-order valence-electron chi connectivity index (χ2n) is 2.73. The minimum atomic E-state index is 1.03. The van der Waals surface area contributed by atoms with Crippen molar-refractivity contribution < 1.29 is 0 Å². The Labute approximate surface area is 72.5 Å². The van der Waals surface area contributed by atoms with E-state index < -0.39 is 0 Å². The summed E-state index contributed by atoms with van der Waals surface area (Å²) in [4.78, 5) is 4.07. The molecule has 1 aromatic rings. The molecule has 0 amide bonds. The summed E-state index contributed by atoms with van der Waals surface area (Å²) in [6.45, 7) is 0. The zero-order valence-corrected chi connectivity index (χ0v) is 6.77. The van der Waals surface area contributed by atoms with Crippen LogP contribution in [-0.2, 0) is 0 Å². The molecule has 1 heteroatoms. The van der Waals surface area contributed by atoms with Gasteiger partial charge in [-0.15, -0.1) is 0 Å². The minimum absolute atomic E-state index is 1.03. The van der Waals surface area contributed by atoms with E-state index in [1.165, 1.54) is 11.1 Å². The van der Waals surface area contributed by atoms with Crippen molar-refractivity contribution in [2.24, 2.45) is 0 Å². The molecule has 0 aromatic carbocycles. The summed E-state index contributed by atoms with van der Waals surface area (Å²) in [5.74, 6) is 0. The molecule has 0 saturated carbocycles. The Kier molecular flexibility index (Phi) is 2.04. The van der Waals surface area contributed by atoms with Crippen molar-refractivity contribution in [1.29, 1.82) is 0 Å². The summed E-state index contributed by atoms with van der Waals surface area (Å²) in [6, 6.07) is 4.04. The van der Waals surface area contributed by atoms with Gasteiger partial charge in [0.2, 0.25) is 0 Å². The van der Waals surface area contributed by atoms with Gasteiger partial charge in [-0.05, 0) is 30.0 Å². The van der Waals surface area contributed by atoms with Crippen LogP contribution in [0.25, 0.3) is 5.57 Å². The van der Waals surface area contributed by atoms with E-state index in [1.807, 2.05) is 12.3 Å². The lowest BCUT2D eigenvalue weighted by atomic mass is 10.0. The fourth-order valence-electron chi connectivity index (χ4n) is 1.26. The highest BCUT2D eigenvalue weighted by atomic mass is 14.6. The average Bonchev–Trinajstić information content (AvgIpc) is 2.21. The van der Waals surface area contributed by atoms with E-state index in [2.05, 4.69) is 35.7 Å². The Balaban J connectivity index is 2.31. The standard InChI is InChI=1S/C11H10N/c1-2-5-10(6-3-1)11-7-4-8-12-9-11/h1-2,4-9H,3H2. The molecule has 0 bridgehead atoms. The van der Waals surface area contributed by atoms with Gasteiger partial charge in [-0.1, -0.05) is 24.3 Å². The van der Waals surface area contributed by atoms with Gasteiger partial charge in [-0.2, -0.15) is 0 Å². The quantitative estimate of drug-likeness (QED) is 0.609. The first-order chi connectivity index (χ1) is 5.97. The van der Waals surface area contributed by atoms with E-state index in [9.17, 15) is 0 Å². The Morgan fingerprint density at radius 2 is 2.33 bits per heavy atom. The molecule has 0 atom stereocenters. The smallest absolute Gasteiger partial charge is 0.0346 e. The normalized spacial score (nSPS) is 15.8. The van der Waals surface area contributed by atoms with Gasteiger partial charge in [0.15, 0.2) is 0 Å². The summed E-state index contributed by atoms with van der Waals surface area (Å²) in [6.07, 6.45) is 13.3. The molecule has 1 aromatic heterocycles. The molecule has 12 heavy (non-hydrogen) atoms. The largest absolute Gasteiger partial charge is 0.264 e. The number of hydrogen-bond acceptors (Lipinski definition) is 1. The highest BCUT2D eigenvalue weighted by Crippen LogP contribution is 2.19. The van der Waals surface area contributed by atoms with E-state index in [4.69, 9.17) is 0 Å². The van der Waals surface area contributed by atoms with Gasteiger partial charge < -0.3 is 0 Å². The molecule has 2 rings (SSSR count). The number of hydrogen-bond donors (Lipinski definition) is 0. The molecule has 0 unspecified atom stereocenters. The SMILES string of the molecule is [CH]1C=CC(c2cccnc2)=CC1. The van der Waals surface area contributed by atoms with Crippen molar-refractivity contribution in [2.45, 2.75) is 6.42 Å². The van der Waals surface area contributed by atoms with Gasteiger partial charge in [-0.3, -0.25) is 4.98 Å². The Morgan fingerprint density at radius 3 is 3.00 bits per heavy atom. The highest BCUT2D eigenvalue weighted by molar-refractivity contribution is 5.74. The Hall–Kier alpha value is -1.37. The predicted molar refractivity (Wildman–Crippen MR) is 50.3 cm³/mol.